The minimum atomic E-state index is -0.477. The molecule has 1 unspecified atom stereocenters. The zero-order chi connectivity index (χ0) is 46.3. The monoisotopic (exact) mass is 901 g/mol. The number of esters is 4. The van der Waals surface area contributed by atoms with Crippen LogP contribution >= 0.6 is 0 Å². The molecule has 0 amide bonds. The Kier molecular flexibility index (Phi) is 25.5. The van der Waals surface area contributed by atoms with Crippen LogP contribution < -0.4 is 14.2 Å². The van der Waals surface area contributed by atoms with Gasteiger partial charge in [-0.3, -0.25) is 9.59 Å². The summed E-state index contributed by atoms with van der Waals surface area (Å²) in [6.45, 7) is 4.48. The first-order valence-corrected chi connectivity index (χ1v) is 24.0. The van der Waals surface area contributed by atoms with Crippen molar-refractivity contribution in [2.75, 3.05) is 39.6 Å². The Balaban J connectivity index is 1.07. The molecule has 1 aliphatic carbocycles. The number of carbonyl (C=O) groups is 4. The molecule has 0 saturated carbocycles. The Labute approximate surface area is 385 Å². The summed E-state index contributed by atoms with van der Waals surface area (Å²) in [6, 6.07) is 17.6. The molecule has 0 aromatic heterocycles. The van der Waals surface area contributed by atoms with Crippen molar-refractivity contribution in [3.05, 3.63) is 89.7 Å². The maximum absolute atomic E-state index is 13.2. The molecule has 356 valence electrons. The van der Waals surface area contributed by atoms with E-state index in [0.29, 0.717) is 74.1 Å². The number of ether oxygens (including phenoxy) is 6. The van der Waals surface area contributed by atoms with Gasteiger partial charge in [-0.25, -0.2) is 9.59 Å². The predicted octanol–water partition coefficient (Wildman–Crippen LogP) is 11.1. The lowest BCUT2D eigenvalue weighted by atomic mass is 9.92. The first-order valence-electron chi connectivity index (χ1n) is 24.0. The van der Waals surface area contributed by atoms with Crippen LogP contribution in [0.4, 0.5) is 0 Å². The summed E-state index contributed by atoms with van der Waals surface area (Å²) in [6.07, 6.45) is 21.9. The third-order valence-corrected chi connectivity index (χ3v) is 11.3. The summed E-state index contributed by atoms with van der Waals surface area (Å²) in [4.78, 5) is 49.5. The summed E-state index contributed by atoms with van der Waals surface area (Å²) in [5, 5.41) is 19.3. The van der Waals surface area contributed by atoms with Crippen molar-refractivity contribution >= 4 is 34.6 Å². The maximum Gasteiger partial charge on any atom is 0.343 e. The van der Waals surface area contributed by atoms with E-state index in [-0.39, 0.29) is 31.1 Å². The van der Waals surface area contributed by atoms with Crippen molar-refractivity contribution in [3.8, 4) is 17.2 Å². The molecular weight excluding hydrogens is 829 g/mol. The van der Waals surface area contributed by atoms with Gasteiger partial charge >= 0.3 is 23.9 Å². The molecule has 0 fully saturated rings. The second-order valence-corrected chi connectivity index (χ2v) is 16.8. The Morgan fingerprint density at radius 1 is 0.492 bits per heavy atom. The summed E-state index contributed by atoms with van der Waals surface area (Å²) in [5.74, 6) is 1.15. The average molecular weight is 901 g/mol. The zero-order valence-electron chi connectivity index (χ0n) is 38.6. The number of aliphatic hydroxyl groups excluding tert-OH is 2. The first kappa shape index (κ1) is 52.4. The van der Waals surface area contributed by atoms with E-state index >= 15 is 0 Å². The summed E-state index contributed by atoms with van der Waals surface area (Å²) >= 11 is 0. The SMILES string of the molecule is CC1CC(OCCCCCCCCOC(=O)CCCCCO)=CC=C1C(=O)Oc1ccc2cc(OC(=O)c3ccc(OCCCCCCCCOC(=O)CCCCCO)cc3)ccc2c1. The number of aliphatic hydroxyl groups is 2. The number of hydrogen-bond donors (Lipinski definition) is 2. The molecule has 0 bridgehead atoms. The van der Waals surface area contributed by atoms with E-state index in [1.165, 1.54) is 0 Å². The summed E-state index contributed by atoms with van der Waals surface area (Å²) in [7, 11) is 0. The van der Waals surface area contributed by atoms with Crippen molar-refractivity contribution < 1.29 is 57.8 Å². The number of fused-ring (bicyclic) bond motifs is 1. The normalized spacial score (nSPS) is 13.4. The van der Waals surface area contributed by atoms with Crippen molar-refractivity contribution in [2.45, 2.75) is 142 Å². The number of rotatable bonds is 34. The first-order chi connectivity index (χ1) is 31.7. The second kappa shape index (κ2) is 31.6. The van der Waals surface area contributed by atoms with Crippen LogP contribution in [-0.2, 0) is 28.6 Å². The van der Waals surface area contributed by atoms with E-state index in [0.717, 1.165) is 132 Å². The second-order valence-electron chi connectivity index (χ2n) is 16.8. The van der Waals surface area contributed by atoms with E-state index < -0.39 is 11.9 Å². The Morgan fingerprint density at radius 3 is 1.45 bits per heavy atom. The van der Waals surface area contributed by atoms with Gasteiger partial charge < -0.3 is 38.6 Å². The van der Waals surface area contributed by atoms with Gasteiger partial charge in [-0.05, 0) is 129 Å². The molecule has 12 nitrogen and oxygen atoms in total. The molecule has 0 radical (unpaired) electrons. The van der Waals surface area contributed by atoms with Gasteiger partial charge in [0.05, 0.1) is 37.8 Å². The van der Waals surface area contributed by atoms with Crippen LogP contribution in [0.15, 0.2) is 84.1 Å². The maximum atomic E-state index is 13.2. The summed E-state index contributed by atoms with van der Waals surface area (Å²) in [5.41, 5.74) is 0.997. The van der Waals surface area contributed by atoms with E-state index in [1.807, 2.05) is 25.1 Å². The Morgan fingerprint density at radius 2 is 0.938 bits per heavy atom. The van der Waals surface area contributed by atoms with Crippen LogP contribution in [0, 0.1) is 5.92 Å². The highest BCUT2D eigenvalue weighted by Crippen LogP contribution is 2.30. The highest BCUT2D eigenvalue weighted by molar-refractivity contribution is 5.94. The van der Waals surface area contributed by atoms with Crippen molar-refractivity contribution in [1.29, 1.82) is 0 Å². The Hall–Kier alpha value is -5.20. The van der Waals surface area contributed by atoms with Gasteiger partial charge in [0.1, 0.15) is 17.2 Å². The lowest BCUT2D eigenvalue weighted by Gasteiger charge is -2.21. The molecule has 4 rings (SSSR count). The Bertz CT molecular complexity index is 1930. The molecule has 0 spiro atoms. The lowest BCUT2D eigenvalue weighted by Crippen LogP contribution is -2.19. The van der Waals surface area contributed by atoms with Crippen LogP contribution in [-0.4, -0.2) is 73.7 Å². The quantitative estimate of drug-likeness (QED) is 0.0332. The summed E-state index contributed by atoms with van der Waals surface area (Å²) < 4.78 is 33.9. The molecule has 1 atom stereocenters. The fraction of sp³-hybridized carbons (Fsp3) is 0.547. The molecule has 12 heteroatoms. The minimum absolute atomic E-state index is 0.0536. The zero-order valence-corrected chi connectivity index (χ0v) is 38.6. The fourth-order valence-corrected chi connectivity index (χ4v) is 7.40. The van der Waals surface area contributed by atoms with Gasteiger partial charge in [0.15, 0.2) is 0 Å². The largest absolute Gasteiger partial charge is 0.498 e. The molecule has 65 heavy (non-hydrogen) atoms. The number of unbranched alkanes of at least 4 members (excludes halogenated alkanes) is 14. The van der Waals surface area contributed by atoms with Gasteiger partial charge in [-0.2, -0.15) is 0 Å². The molecule has 0 aliphatic heterocycles. The van der Waals surface area contributed by atoms with Crippen molar-refractivity contribution in [3.63, 3.8) is 0 Å². The molecule has 2 N–H and O–H groups in total. The van der Waals surface area contributed by atoms with Gasteiger partial charge in [-0.15, -0.1) is 0 Å². The van der Waals surface area contributed by atoms with E-state index in [1.54, 1.807) is 54.6 Å². The third-order valence-electron chi connectivity index (χ3n) is 11.3. The van der Waals surface area contributed by atoms with Crippen LogP contribution in [0.25, 0.3) is 10.8 Å². The van der Waals surface area contributed by atoms with Gasteiger partial charge in [0.2, 0.25) is 0 Å². The highest BCUT2D eigenvalue weighted by Gasteiger charge is 2.24. The van der Waals surface area contributed by atoms with Crippen LogP contribution in [0.2, 0.25) is 0 Å². The topological polar surface area (TPSA) is 164 Å². The molecular formula is C53H72O12. The van der Waals surface area contributed by atoms with Crippen LogP contribution in [0.5, 0.6) is 17.2 Å². The fourth-order valence-electron chi connectivity index (χ4n) is 7.40. The number of carbonyl (C=O) groups excluding carboxylic acids is 4. The minimum Gasteiger partial charge on any atom is -0.498 e. The highest BCUT2D eigenvalue weighted by atomic mass is 16.5. The number of allylic oxidation sites excluding steroid dienone is 3. The average Bonchev–Trinajstić information content (AvgIpc) is 3.30. The standard InChI is InChI=1S/C53H72O12/c1-41-38-46(61-35-17-7-3-5-9-19-37-63-51(57)21-13-11-15-33-55)30-31-49(41)53(59)65-48-29-25-43-39-47(28-24-44(43)40-48)64-52(58)42-22-26-45(27-23-42)60-34-16-6-2-4-8-18-36-62-50(56)20-12-10-14-32-54/h22-31,39-41,54-55H,2-21,32-38H2,1H3. The van der Waals surface area contributed by atoms with Crippen molar-refractivity contribution in [2.24, 2.45) is 5.92 Å². The molecule has 1 aliphatic rings. The number of benzene rings is 3. The van der Waals surface area contributed by atoms with Crippen LogP contribution in [0.1, 0.15) is 152 Å². The molecule has 3 aromatic rings. The van der Waals surface area contributed by atoms with Gasteiger partial charge in [0.25, 0.3) is 0 Å². The molecule has 0 saturated heterocycles. The number of hydrogen-bond acceptors (Lipinski definition) is 12. The third kappa shape index (κ3) is 21.6. The predicted molar refractivity (Wildman–Crippen MR) is 251 cm³/mol. The van der Waals surface area contributed by atoms with Gasteiger partial charge in [0, 0.05) is 38.0 Å². The smallest absolute Gasteiger partial charge is 0.343 e. The van der Waals surface area contributed by atoms with Gasteiger partial charge in [-0.1, -0.05) is 83.3 Å². The van der Waals surface area contributed by atoms with Crippen molar-refractivity contribution in [1.82, 2.24) is 0 Å². The van der Waals surface area contributed by atoms with E-state index in [4.69, 9.17) is 38.6 Å². The molecule has 3 aromatic carbocycles. The molecule has 0 heterocycles. The van der Waals surface area contributed by atoms with E-state index in [9.17, 15) is 19.2 Å². The van der Waals surface area contributed by atoms with E-state index in [2.05, 4.69) is 0 Å². The van der Waals surface area contributed by atoms with Crippen LogP contribution in [0.3, 0.4) is 0 Å². The lowest BCUT2D eigenvalue weighted by molar-refractivity contribution is -0.144.